The van der Waals surface area contributed by atoms with E-state index in [0.717, 1.165) is 44.4 Å². The molecule has 1 aliphatic rings. The van der Waals surface area contributed by atoms with Crippen LogP contribution in [0.25, 0.3) is 21.9 Å². The summed E-state index contributed by atoms with van der Waals surface area (Å²) in [4.78, 5) is 0. The molecule has 1 unspecified atom stereocenters. The lowest BCUT2D eigenvalue weighted by atomic mass is 10.0. The largest absolute Gasteiger partial charge is 0.384 e. The lowest BCUT2D eigenvalue weighted by Gasteiger charge is -2.16. The first kappa shape index (κ1) is 15.4. The molecule has 1 aliphatic carbocycles. The predicted octanol–water partition coefficient (Wildman–Crippen LogP) is 6.30. The van der Waals surface area contributed by atoms with Crippen LogP contribution < -0.4 is 5.32 Å². The Balaban J connectivity index is 1.63. The second-order valence-electron chi connectivity index (χ2n) is 6.53. The zero-order valence-corrected chi connectivity index (χ0v) is 14.7. The number of benzene rings is 4. The molecule has 0 heterocycles. The van der Waals surface area contributed by atoms with Crippen molar-refractivity contribution in [2.24, 2.45) is 0 Å². The topological polar surface area (TPSA) is 32.3 Å². The summed E-state index contributed by atoms with van der Waals surface area (Å²) < 4.78 is 0. The van der Waals surface area contributed by atoms with Gasteiger partial charge in [-0.1, -0.05) is 78.3 Å². The molecule has 0 aromatic heterocycles. The Kier molecular flexibility index (Phi) is 3.49. The van der Waals surface area contributed by atoms with Gasteiger partial charge in [-0.05, 0) is 34.2 Å². The maximum Gasteiger partial charge on any atom is 0.107 e. The molecule has 0 aliphatic heterocycles. The number of nitrogens with one attached hydrogen (secondary N) is 1. The van der Waals surface area contributed by atoms with Gasteiger partial charge in [0.15, 0.2) is 0 Å². The van der Waals surface area contributed by atoms with E-state index in [4.69, 9.17) is 11.6 Å². The Morgan fingerprint density at radius 2 is 1.50 bits per heavy atom. The van der Waals surface area contributed by atoms with Gasteiger partial charge in [-0.2, -0.15) is 0 Å². The number of halogens is 1. The zero-order valence-electron chi connectivity index (χ0n) is 13.9. The molecule has 0 spiro atoms. The SMILES string of the molecule is OC1c2ccccc2-c2cccc(Nc3ccc4ccccc4c3Cl)c21. The van der Waals surface area contributed by atoms with E-state index in [9.17, 15) is 5.11 Å². The van der Waals surface area contributed by atoms with Gasteiger partial charge in [0.1, 0.15) is 6.10 Å². The molecule has 0 saturated heterocycles. The molecule has 3 heteroatoms. The van der Waals surface area contributed by atoms with Crippen LogP contribution in [0.4, 0.5) is 11.4 Å². The Morgan fingerprint density at radius 1 is 0.731 bits per heavy atom. The Labute approximate surface area is 156 Å². The summed E-state index contributed by atoms with van der Waals surface area (Å²) in [5.74, 6) is 0. The Bertz CT molecular complexity index is 1150. The highest BCUT2D eigenvalue weighted by Gasteiger charge is 2.29. The zero-order chi connectivity index (χ0) is 17.7. The van der Waals surface area contributed by atoms with E-state index in [1.807, 2.05) is 60.7 Å². The molecule has 0 fully saturated rings. The molecular formula is C23H16ClNO. The van der Waals surface area contributed by atoms with Crippen LogP contribution in [-0.2, 0) is 0 Å². The molecule has 2 N–H and O–H groups in total. The molecule has 4 aromatic carbocycles. The van der Waals surface area contributed by atoms with Gasteiger partial charge in [0, 0.05) is 16.6 Å². The minimum absolute atomic E-state index is 0.635. The molecular weight excluding hydrogens is 342 g/mol. The Hall–Kier alpha value is -2.81. The third-order valence-corrected chi connectivity index (χ3v) is 5.46. The molecule has 0 amide bonds. The van der Waals surface area contributed by atoms with Crippen LogP contribution in [0.1, 0.15) is 17.2 Å². The number of anilines is 2. The van der Waals surface area contributed by atoms with Gasteiger partial charge >= 0.3 is 0 Å². The van der Waals surface area contributed by atoms with Crippen LogP contribution in [0.2, 0.25) is 5.02 Å². The maximum atomic E-state index is 10.9. The average molecular weight is 358 g/mol. The first-order valence-electron chi connectivity index (χ1n) is 8.58. The highest BCUT2D eigenvalue weighted by molar-refractivity contribution is 6.38. The maximum absolute atomic E-state index is 10.9. The van der Waals surface area contributed by atoms with Crippen LogP contribution in [-0.4, -0.2) is 5.11 Å². The van der Waals surface area contributed by atoms with Gasteiger partial charge in [0.2, 0.25) is 0 Å². The van der Waals surface area contributed by atoms with Crippen molar-refractivity contribution >= 4 is 33.7 Å². The molecule has 126 valence electrons. The minimum Gasteiger partial charge on any atom is -0.384 e. The van der Waals surface area contributed by atoms with Gasteiger partial charge < -0.3 is 10.4 Å². The summed E-state index contributed by atoms with van der Waals surface area (Å²) in [5, 5.41) is 17.1. The molecule has 0 saturated carbocycles. The number of aliphatic hydroxyl groups excluding tert-OH is 1. The first-order valence-corrected chi connectivity index (χ1v) is 8.96. The average Bonchev–Trinajstić information content (AvgIpc) is 2.98. The number of fused-ring (bicyclic) bond motifs is 4. The second-order valence-corrected chi connectivity index (χ2v) is 6.91. The van der Waals surface area contributed by atoms with E-state index in [1.54, 1.807) is 0 Å². The van der Waals surface area contributed by atoms with Crippen molar-refractivity contribution in [2.75, 3.05) is 5.32 Å². The van der Waals surface area contributed by atoms with Crippen molar-refractivity contribution in [2.45, 2.75) is 6.10 Å². The monoisotopic (exact) mass is 357 g/mol. The van der Waals surface area contributed by atoms with Crippen LogP contribution in [0.15, 0.2) is 78.9 Å². The molecule has 2 nitrogen and oxygen atoms in total. The fourth-order valence-electron chi connectivity index (χ4n) is 3.82. The van der Waals surface area contributed by atoms with Crippen molar-refractivity contribution in [3.63, 3.8) is 0 Å². The summed E-state index contributed by atoms with van der Waals surface area (Å²) in [6.07, 6.45) is -0.635. The molecule has 5 rings (SSSR count). The third kappa shape index (κ3) is 2.23. The lowest BCUT2D eigenvalue weighted by molar-refractivity contribution is 0.226. The van der Waals surface area contributed by atoms with E-state index >= 15 is 0 Å². The highest BCUT2D eigenvalue weighted by atomic mass is 35.5. The predicted molar refractivity (Wildman–Crippen MR) is 108 cm³/mol. The van der Waals surface area contributed by atoms with E-state index in [-0.39, 0.29) is 0 Å². The van der Waals surface area contributed by atoms with Gasteiger partial charge in [0.25, 0.3) is 0 Å². The summed E-state index contributed by atoms with van der Waals surface area (Å²) in [5.41, 5.74) is 5.71. The normalized spacial score (nSPS) is 14.9. The van der Waals surface area contributed by atoms with Crippen molar-refractivity contribution in [3.05, 3.63) is 95.0 Å². The van der Waals surface area contributed by atoms with E-state index in [1.165, 1.54) is 0 Å². The molecule has 0 radical (unpaired) electrons. The van der Waals surface area contributed by atoms with Crippen LogP contribution in [0.3, 0.4) is 0 Å². The van der Waals surface area contributed by atoms with Crippen LogP contribution >= 0.6 is 11.6 Å². The highest BCUT2D eigenvalue weighted by Crippen LogP contribution is 2.47. The number of hydrogen-bond donors (Lipinski definition) is 2. The third-order valence-electron chi connectivity index (χ3n) is 5.06. The number of hydrogen-bond acceptors (Lipinski definition) is 2. The first-order chi connectivity index (χ1) is 12.7. The molecule has 26 heavy (non-hydrogen) atoms. The Morgan fingerprint density at radius 3 is 2.42 bits per heavy atom. The summed E-state index contributed by atoms with van der Waals surface area (Å²) in [6, 6.07) is 26.1. The van der Waals surface area contributed by atoms with Gasteiger partial charge in [-0.15, -0.1) is 0 Å². The van der Waals surface area contributed by atoms with Gasteiger partial charge in [-0.25, -0.2) is 0 Å². The summed E-state index contributed by atoms with van der Waals surface area (Å²) in [6.45, 7) is 0. The van der Waals surface area contributed by atoms with Crippen molar-refractivity contribution in [1.29, 1.82) is 0 Å². The molecule has 4 aromatic rings. The standard InChI is InChI=1S/C23H16ClNO/c24-22-15-7-2-1-6-14(15)12-13-20(22)25-19-11-5-10-17-16-8-3-4-9-18(16)23(26)21(17)19/h1-13,23,25-26H. The van der Waals surface area contributed by atoms with Crippen molar-refractivity contribution < 1.29 is 5.11 Å². The number of rotatable bonds is 2. The van der Waals surface area contributed by atoms with Gasteiger partial charge in [-0.3, -0.25) is 0 Å². The minimum atomic E-state index is -0.635. The second kappa shape index (κ2) is 5.87. The number of aliphatic hydroxyl groups is 1. The smallest absolute Gasteiger partial charge is 0.107 e. The fraction of sp³-hybridized carbons (Fsp3) is 0.0435. The van der Waals surface area contributed by atoms with E-state index in [0.29, 0.717) is 5.02 Å². The quantitative estimate of drug-likeness (QED) is 0.441. The molecule has 0 bridgehead atoms. The van der Waals surface area contributed by atoms with E-state index < -0.39 is 6.10 Å². The fourth-order valence-corrected chi connectivity index (χ4v) is 4.10. The summed E-state index contributed by atoms with van der Waals surface area (Å²) in [7, 11) is 0. The van der Waals surface area contributed by atoms with Crippen LogP contribution in [0, 0.1) is 0 Å². The summed E-state index contributed by atoms with van der Waals surface area (Å²) >= 11 is 6.64. The molecule has 1 atom stereocenters. The van der Waals surface area contributed by atoms with Crippen molar-refractivity contribution in [1.82, 2.24) is 0 Å². The van der Waals surface area contributed by atoms with E-state index in [2.05, 4.69) is 23.5 Å². The van der Waals surface area contributed by atoms with Crippen LogP contribution in [0.5, 0.6) is 0 Å². The van der Waals surface area contributed by atoms with Crippen molar-refractivity contribution in [3.8, 4) is 11.1 Å². The lowest BCUT2D eigenvalue weighted by Crippen LogP contribution is -2.00. The van der Waals surface area contributed by atoms with Gasteiger partial charge in [0.05, 0.1) is 10.7 Å².